The average molecular weight is 284 g/mol. The van der Waals surface area contributed by atoms with E-state index in [1.165, 1.54) is 19.3 Å². The lowest BCUT2D eigenvalue weighted by molar-refractivity contribution is 0.240. The monoisotopic (exact) mass is 284 g/mol. The summed E-state index contributed by atoms with van der Waals surface area (Å²) in [7, 11) is 3.81. The van der Waals surface area contributed by atoms with E-state index >= 15 is 0 Å². The van der Waals surface area contributed by atoms with Gasteiger partial charge in [-0.05, 0) is 31.4 Å². The molecule has 1 atom stereocenters. The van der Waals surface area contributed by atoms with Gasteiger partial charge in [0.25, 0.3) is 0 Å². The van der Waals surface area contributed by atoms with Crippen LogP contribution in [-0.2, 0) is 0 Å². The van der Waals surface area contributed by atoms with Crippen LogP contribution in [0.25, 0.3) is 0 Å². The minimum absolute atomic E-state index is 0.453. The van der Waals surface area contributed by atoms with Crippen LogP contribution in [0.15, 0.2) is 17.1 Å². The molecule has 1 saturated heterocycles. The number of benzene rings is 1. The molecule has 1 fully saturated rings. The quantitative estimate of drug-likeness (QED) is 0.618. The number of aliphatic imine (C=N–C) groups is 1. The van der Waals surface area contributed by atoms with Crippen molar-refractivity contribution < 1.29 is 4.74 Å². The first-order valence-electron chi connectivity index (χ1n) is 7.38. The molecule has 0 aliphatic carbocycles. The average Bonchev–Trinajstić information content (AvgIpc) is 2.51. The molecule has 0 radical (unpaired) electrons. The Labute approximate surface area is 125 Å². The van der Waals surface area contributed by atoms with Crippen molar-refractivity contribution in [3.63, 3.8) is 0 Å². The van der Waals surface area contributed by atoms with Gasteiger partial charge < -0.3 is 14.5 Å². The van der Waals surface area contributed by atoms with Crippen LogP contribution < -0.4 is 9.64 Å². The summed E-state index contributed by atoms with van der Waals surface area (Å²) in [5.74, 6) is 0.698. The zero-order chi connectivity index (χ0) is 14.8. The highest BCUT2D eigenvalue weighted by atomic mass is 16.5. The van der Waals surface area contributed by atoms with Crippen LogP contribution in [0.5, 0.6) is 5.75 Å². The van der Waals surface area contributed by atoms with E-state index in [1.807, 2.05) is 31.1 Å². The van der Waals surface area contributed by atoms with Crippen molar-refractivity contribution in [1.82, 2.24) is 4.90 Å². The molecule has 5 heteroatoms. The molecule has 1 aromatic carbocycles. The predicted molar refractivity (Wildman–Crippen MR) is 83.5 cm³/mol. The summed E-state index contributed by atoms with van der Waals surface area (Å²) in [4.78, 5) is 8.61. The Morgan fingerprint density at radius 1 is 1.43 bits per heavy atom. The molecule has 5 nitrogen and oxygen atoms in total. The van der Waals surface area contributed by atoms with Crippen molar-refractivity contribution in [2.75, 3.05) is 32.1 Å². The van der Waals surface area contributed by atoms with Crippen molar-refractivity contribution in [3.8, 4) is 11.8 Å². The highest BCUT2D eigenvalue weighted by molar-refractivity contribution is 5.76. The van der Waals surface area contributed by atoms with E-state index in [2.05, 4.69) is 16.0 Å². The maximum Gasteiger partial charge on any atom is 0.162 e. The molecular weight excluding hydrogens is 264 g/mol. The van der Waals surface area contributed by atoms with E-state index in [-0.39, 0.29) is 0 Å². The van der Waals surface area contributed by atoms with Crippen LogP contribution in [0.3, 0.4) is 0 Å². The van der Waals surface area contributed by atoms with Crippen LogP contribution in [0, 0.1) is 11.3 Å². The molecule has 0 N–H and O–H groups in total. The van der Waals surface area contributed by atoms with Gasteiger partial charge in [0, 0.05) is 20.6 Å². The number of ether oxygens (including phenoxy) is 1. The van der Waals surface area contributed by atoms with Gasteiger partial charge in [0.1, 0.15) is 18.2 Å². The van der Waals surface area contributed by atoms with E-state index in [9.17, 15) is 5.26 Å². The lowest BCUT2D eigenvalue weighted by atomic mass is 9.98. The van der Waals surface area contributed by atoms with Gasteiger partial charge in [-0.25, -0.2) is 4.99 Å². The predicted octanol–water partition coefficient (Wildman–Crippen LogP) is 2.53. The van der Waals surface area contributed by atoms with Gasteiger partial charge >= 0.3 is 0 Å². The van der Waals surface area contributed by atoms with Crippen LogP contribution >= 0.6 is 0 Å². The van der Waals surface area contributed by atoms with Gasteiger partial charge in [0.2, 0.25) is 0 Å². The van der Waals surface area contributed by atoms with Gasteiger partial charge in [-0.1, -0.05) is 0 Å². The number of nitriles is 1. The summed E-state index contributed by atoms with van der Waals surface area (Å²) in [5, 5.41) is 9.50. The fourth-order valence-corrected chi connectivity index (χ4v) is 3.00. The summed E-state index contributed by atoms with van der Waals surface area (Å²) < 4.78 is 5.91. The number of hydrogen-bond acceptors (Lipinski definition) is 4. The number of nitrogens with zero attached hydrogens (tertiary/aromatic N) is 4. The Hall–Kier alpha value is -2.22. The molecule has 21 heavy (non-hydrogen) atoms. The number of rotatable bonds is 2. The number of fused-ring (bicyclic) bond motifs is 3. The topological polar surface area (TPSA) is 51.9 Å². The van der Waals surface area contributed by atoms with Gasteiger partial charge in [0.15, 0.2) is 5.75 Å². The summed E-state index contributed by atoms with van der Waals surface area (Å²) in [6.07, 6.45) is 5.34. The minimum atomic E-state index is 0.453. The summed E-state index contributed by atoms with van der Waals surface area (Å²) in [6.45, 7) is 1.72. The lowest BCUT2D eigenvalue weighted by Crippen LogP contribution is -2.46. The molecular formula is C16H20N4O. The van der Waals surface area contributed by atoms with Crippen LogP contribution in [0.1, 0.15) is 24.8 Å². The van der Waals surface area contributed by atoms with E-state index in [0.29, 0.717) is 29.6 Å². The largest absolute Gasteiger partial charge is 0.488 e. The van der Waals surface area contributed by atoms with E-state index in [4.69, 9.17) is 4.74 Å². The van der Waals surface area contributed by atoms with E-state index in [1.54, 1.807) is 6.34 Å². The van der Waals surface area contributed by atoms with Crippen molar-refractivity contribution in [3.05, 3.63) is 17.7 Å². The Morgan fingerprint density at radius 2 is 2.29 bits per heavy atom. The SMILES string of the molecule is CN(C)/C=N/c1ccc2c(c1C#N)OC[C@H]1CCCCN21. The Morgan fingerprint density at radius 3 is 3.05 bits per heavy atom. The van der Waals surface area contributed by atoms with Crippen molar-refractivity contribution >= 4 is 17.7 Å². The fraction of sp³-hybridized carbons (Fsp3) is 0.500. The molecule has 2 heterocycles. The first kappa shape index (κ1) is 13.7. The van der Waals surface area contributed by atoms with Crippen molar-refractivity contribution in [1.29, 1.82) is 5.26 Å². The van der Waals surface area contributed by atoms with E-state index in [0.717, 1.165) is 12.2 Å². The number of piperidine rings is 1. The Kier molecular flexibility index (Phi) is 3.70. The molecule has 1 aromatic rings. The Balaban J connectivity index is 2.01. The molecule has 0 unspecified atom stereocenters. The maximum absolute atomic E-state index is 9.50. The van der Waals surface area contributed by atoms with Crippen molar-refractivity contribution in [2.45, 2.75) is 25.3 Å². The molecule has 0 amide bonds. The van der Waals surface area contributed by atoms with Gasteiger partial charge in [-0.2, -0.15) is 5.26 Å². The molecule has 2 aliphatic rings. The molecule has 0 spiro atoms. The Bertz CT molecular complexity index is 603. The number of hydrogen-bond donors (Lipinski definition) is 0. The maximum atomic E-state index is 9.50. The molecule has 2 aliphatic heterocycles. The van der Waals surface area contributed by atoms with Gasteiger partial charge in [-0.3, -0.25) is 0 Å². The molecule has 0 saturated carbocycles. The minimum Gasteiger partial charge on any atom is -0.488 e. The second-order valence-electron chi connectivity index (χ2n) is 5.78. The molecule has 0 aromatic heterocycles. The summed E-state index contributed by atoms with van der Waals surface area (Å²) in [6, 6.07) is 6.66. The highest BCUT2D eigenvalue weighted by Gasteiger charge is 2.31. The highest BCUT2D eigenvalue weighted by Crippen LogP contribution is 2.42. The summed E-state index contributed by atoms with van der Waals surface area (Å²) >= 11 is 0. The van der Waals surface area contributed by atoms with Crippen LogP contribution in [-0.4, -0.2) is 44.5 Å². The molecule has 0 bridgehead atoms. The van der Waals surface area contributed by atoms with Gasteiger partial charge in [0.05, 0.1) is 23.8 Å². The zero-order valence-corrected chi connectivity index (χ0v) is 12.5. The fourth-order valence-electron chi connectivity index (χ4n) is 3.00. The van der Waals surface area contributed by atoms with E-state index < -0.39 is 0 Å². The smallest absolute Gasteiger partial charge is 0.162 e. The third-order valence-electron chi connectivity index (χ3n) is 4.01. The normalized spacial score (nSPS) is 20.4. The van der Waals surface area contributed by atoms with Crippen LogP contribution in [0.2, 0.25) is 0 Å². The molecule has 3 rings (SSSR count). The number of anilines is 1. The van der Waals surface area contributed by atoms with Crippen LogP contribution in [0.4, 0.5) is 11.4 Å². The second kappa shape index (κ2) is 5.65. The second-order valence-corrected chi connectivity index (χ2v) is 5.78. The summed E-state index contributed by atoms with van der Waals surface area (Å²) in [5.41, 5.74) is 2.25. The molecule has 110 valence electrons. The lowest BCUT2D eigenvalue weighted by Gasteiger charge is -2.42. The first-order valence-corrected chi connectivity index (χ1v) is 7.38. The third kappa shape index (κ3) is 2.54. The third-order valence-corrected chi connectivity index (χ3v) is 4.01. The van der Waals surface area contributed by atoms with Gasteiger partial charge in [-0.15, -0.1) is 0 Å². The first-order chi connectivity index (χ1) is 10.2. The zero-order valence-electron chi connectivity index (χ0n) is 12.5. The van der Waals surface area contributed by atoms with Crippen molar-refractivity contribution in [2.24, 2.45) is 4.99 Å². The standard InChI is InChI=1S/C16H20N4O/c1-19(2)11-18-14-6-7-15-16(13(14)9-17)21-10-12-5-3-4-8-20(12)15/h6-7,11-12H,3-5,8,10H2,1-2H3/b18-11+/t12-/m1/s1.